The molecule has 0 saturated carbocycles. The quantitative estimate of drug-likeness (QED) is 0.0481. The van der Waals surface area contributed by atoms with Gasteiger partial charge >= 0.3 is 138 Å². The number of fused-ring (bicyclic) bond motifs is 2. The van der Waals surface area contributed by atoms with Gasteiger partial charge in [0.25, 0.3) is 6.47 Å². The number of ether oxygens (including phenoxy) is 5. The minimum atomic E-state index is -0.181. The van der Waals surface area contributed by atoms with E-state index in [1.165, 1.54) is 26.1 Å². The summed E-state index contributed by atoms with van der Waals surface area (Å²) in [4.78, 5) is 11.2. The van der Waals surface area contributed by atoms with Crippen LogP contribution in [0, 0.1) is 3.57 Å². The van der Waals surface area contributed by atoms with E-state index in [1.807, 2.05) is 24.3 Å². The normalized spacial score (nSPS) is 9.73. The van der Waals surface area contributed by atoms with Crippen LogP contribution in [0.5, 0.6) is 5.75 Å². The minimum Gasteiger partial charge on any atom is -1.00 e. The Morgan fingerprint density at radius 2 is 1.06 bits per heavy atom. The minimum absolute atomic E-state index is 0. The molecule has 4 rings (SSSR count). The number of rotatable bonds is 19. The molecule has 49 heavy (non-hydrogen) atoms. The molecule has 0 unspecified atom stereocenters. The van der Waals surface area contributed by atoms with Crippen molar-refractivity contribution in [2.24, 2.45) is 0 Å². The van der Waals surface area contributed by atoms with Gasteiger partial charge in [0, 0.05) is 22.2 Å². The van der Waals surface area contributed by atoms with Crippen molar-refractivity contribution in [2.45, 2.75) is 39.5 Å². The van der Waals surface area contributed by atoms with Crippen molar-refractivity contribution >= 4 is 50.6 Å². The van der Waals surface area contributed by atoms with E-state index in [0.717, 1.165) is 43.6 Å². The first-order valence-corrected chi connectivity index (χ1v) is 17.1. The van der Waals surface area contributed by atoms with Gasteiger partial charge in [0.2, 0.25) is 0 Å². The number of carbonyl (C=O) groups excluding carboxylic acids is 1. The Morgan fingerprint density at radius 3 is 1.57 bits per heavy atom. The molecule has 0 heterocycles. The zero-order valence-corrected chi connectivity index (χ0v) is 44.4. The number of unbranched alkanes of at least 4 members (excludes halogenated alkanes) is 2. The molecule has 0 amide bonds. The Kier molecular flexibility index (Phi) is 41.7. The zero-order chi connectivity index (χ0) is 34.2. The molecule has 0 spiro atoms. The summed E-state index contributed by atoms with van der Waals surface area (Å²) < 4.78 is 28.2. The maximum absolute atomic E-state index is 8.64. The summed E-state index contributed by atoms with van der Waals surface area (Å²) in [6.45, 7) is 9.91. The molecular weight excluding hydrogens is 981 g/mol. The van der Waals surface area contributed by atoms with Crippen molar-refractivity contribution in [3.05, 3.63) is 88.5 Å². The summed E-state index contributed by atoms with van der Waals surface area (Å²) in [6, 6.07) is 29.1. The van der Waals surface area contributed by atoms with Gasteiger partial charge in [0.05, 0.1) is 46.2 Å². The summed E-state index contributed by atoms with van der Waals surface area (Å²) in [7, 11) is 0. The summed E-state index contributed by atoms with van der Waals surface area (Å²) in [5, 5.41) is 21.8. The molecule has 4 aromatic carbocycles. The number of halogens is 1. The molecule has 0 aliphatic carbocycles. The van der Waals surface area contributed by atoms with Gasteiger partial charge in [-0.05, 0) is 63.7 Å². The van der Waals surface area contributed by atoms with Crippen molar-refractivity contribution < 1.29 is 183 Å². The van der Waals surface area contributed by atoms with Gasteiger partial charge in [0.15, 0.2) is 0 Å². The maximum atomic E-state index is 8.64. The van der Waals surface area contributed by atoms with Crippen molar-refractivity contribution in [3.8, 4) is 5.75 Å². The summed E-state index contributed by atoms with van der Waals surface area (Å²) in [5.74, 6) is 0.913. The van der Waals surface area contributed by atoms with Crippen LogP contribution in [0.2, 0.25) is 0 Å². The van der Waals surface area contributed by atoms with Crippen LogP contribution >= 0.6 is 22.6 Å². The van der Waals surface area contributed by atoms with Gasteiger partial charge in [-0.2, -0.15) is 0 Å². The van der Waals surface area contributed by atoms with Crippen molar-refractivity contribution in [3.63, 3.8) is 0 Å². The third-order valence-electron chi connectivity index (χ3n) is 6.27. The molecule has 12 heteroatoms. The number of carbonyl (C=O) groups is 1. The Bertz CT molecular complexity index is 1310. The summed E-state index contributed by atoms with van der Waals surface area (Å²) in [6.07, 6.45) is 4.56. The monoisotopic (exact) mass is 1030 g/mol. The topological polar surface area (TPSA) is 116 Å². The predicted molar refractivity (Wildman–Crippen MR) is 195 cm³/mol. The van der Waals surface area contributed by atoms with E-state index in [2.05, 4.69) is 102 Å². The van der Waals surface area contributed by atoms with E-state index in [4.69, 9.17) is 38.8 Å². The van der Waals surface area contributed by atoms with E-state index in [9.17, 15) is 0 Å². The number of aliphatic hydroxyl groups is 1. The first-order chi connectivity index (χ1) is 23.1. The third kappa shape index (κ3) is 27.5. The van der Waals surface area contributed by atoms with Crippen molar-refractivity contribution in [1.29, 1.82) is 0 Å². The second-order valence-electron chi connectivity index (χ2n) is 9.86. The third-order valence-corrected chi connectivity index (χ3v) is 7.22. The number of benzene rings is 4. The molecule has 9 nitrogen and oxygen atoms in total. The molecule has 0 bridgehead atoms. The fourth-order valence-electron chi connectivity index (χ4n) is 3.92. The van der Waals surface area contributed by atoms with Gasteiger partial charge in [-0.15, -0.1) is 0 Å². The molecule has 262 valence electrons. The first kappa shape index (κ1) is 52.4. The molecular formula is C37H51Cs2IO9. The summed E-state index contributed by atoms with van der Waals surface area (Å²) in [5.41, 5.74) is 0. The second-order valence-corrected chi connectivity index (χ2v) is 11.0. The molecule has 0 aromatic heterocycles. The van der Waals surface area contributed by atoms with Crippen LogP contribution in [-0.4, -0.2) is 77.6 Å². The van der Waals surface area contributed by atoms with Crippen LogP contribution < -0.4 is 148 Å². The van der Waals surface area contributed by atoms with Crippen LogP contribution in [0.25, 0.3) is 21.5 Å². The van der Waals surface area contributed by atoms with Gasteiger partial charge in [0.1, 0.15) is 12.4 Å². The first-order valence-electron chi connectivity index (χ1n) is 16.0. The van der Waals surface area contributed by atoms with Crippen LogP contribution in [-0.2, 0) is 28.6 Å². The molecule has 0 aliphatic heterocycles. The molecule has 0 atom stereocenters. The van der Waals surface area contributed by atoms with Crippen LogP contribution in [0.3, 0.4) is 0 Å². The summed E-state index contributed by atoms with van der Waals surface area (Å²) >= 11 is 2.36. The molecule has 0 saturated heterocycles. The van der Waals surface area contributed by atoms with E-state index in [-0.39, 0.29) is 152 Å². The largest absolute Gasteiger partial charge is 1.00 e. The van der Waals surface area contributed by atoms with Gasteiger partial charge in [-0.1, -0.05) is 99.5 Å². The van der Waals surface area contributed by atoms with Crippen LogP contribution in [0.1, 0.15) is 41.0 Å². The number of hydrogen-bond donors (Lipinski definition) is 1. The van der Waals surface area contributed by atoms with E-state index >= 15 is 0 Å². The van der Waals surface area contributed by atoms with E-state index < -0.39 is 0 Å². The number of aliphatic hydroxyl groups excluding tert-OH is 1. The van der Waals surface area contributed by atoms with E-state index in [0.29, 0.717) is 46.2 Å². The van der Waals surface area contributed by atoms with Gasteiger partial charge in [-0.3, -0.25) is 4.79 Å². The van der Waals surface area contributed by atoms with Crippen LogP contribution in [0.4, 0.5) is 0 Å². The molecule has 0 radical (unpaired) electrons. The van der Waals surface area contributed by atoms with Crippen molar-refractivity contribution in [1.82, 2.24) is 0 Å². The average molecular weight is 1030 g/mol. The molecule has 1 N–H and O–H groups in total. The van der Waals surface area contributed by atoms with E-state index in [1.54, 1.807) is 0 Å². The Hall–Kier alpha value is 1.26. The second kappa shape index (κ2) is 39.0. The number of hydrogen-bond acceptors (Lipinski definition) is 9. The predicted octanol–water partition coefficient (Wildman–Crippen LogP) is 0.864. The molecule has 0 fully saturated rings. The zero-order valence-electron chi connectivity index (χ0n) is 30.7. The molecule has 4 aromatic rings. The fourth-order valence-corrected chi connectivity index (χ4v) is 4.62. The van der Waals surface area contributed by atoms with Gasteiger partial charge in [-0.25, -0.2) is 0 Å². The van der Waals surface area contributed by atoms with Gasteiger partial charge < -0.3 is 40.4 Å². The Balaban J connectivity index is -0.000000652. The smallest absolute Gasteiger partial charge is 1.00 e. The van der Waals surface area contributed by atoms with Crippen molar-refractivity contribution in [2.75, 3.05) is 66.1 Å². The van der Waals surface area contributed by atoms with Crippen LogP contribution in [0.15, 0.2) is 84.9 Å². The fraction of sp³-hybridized carbons (Fsp3) is 0.432. The SMILES string of the molecule is CCCCOCCOCCO.CCCCOCCOCCOc1cccc2ccccc12.Ic1cccc2ccccc12.O=CO[O-].[Cs+].[Cs+].[H-]. The maximum Gasteiger partial charge on any atom is 1.00 e. The average Bonchev–Trinajstić information content (AvgIpc) is 3.11. The Morgan fingerprint density at radius 1 is 0.633 bits per heavy atom. The molecule has 0 aliphatic rings. The Labute approximate surface area is 425 Å². The standard InChI is InChI=1S/C18H24O3.C10H7I.C8H18O3.CH2O3.2Cs.H/c1-2-3-11-19-12-13-20-14-15-21-18-10-6-8-16-7-4-5-9-17(16)18;11-10-7-3-5-8-4-1-2-6-9(8)10;1-2-3-5-10-7-8-11-6-4-9;2-1-4-3;;;/h4-10H,2-3,11-15H2,1H3;1-7H;9H,2-8H2,1H3;1,3H;;;/q;;;;2*+1;-1/p-1.